The van der Waals surface area contributed by atoms with Crippen molar-refractivity contribution in [3.05, 3.63) is 35.4 Å². The average molecular weight is 307 g/mol. The van der Waals surface area contributed by atoms with Gasteiger partial charge in [0.05, 0.1) is 0 Å². The van der Waals surface area contributed by atoms with Crippen molar-refractivity contribution in [3.63, 3.8) is 0 Å². The van der Waals surface area contributed by atoms with E-state index in [0.29, 0.717) is 11.9 Å². The Morgan fingerprint density at radius 1 is 1.38 bits per heavy atom. The molecule has 0 aromatic heterocycles. The van der Waals surface area contributed by atoms with Crippen LogP contribution in [0.15, 0.2) is 24.3 Å². The first kappa shape index (κ1) is 14.9. The second-order valence-electron chi connectivity index (χ2n) is 6.71. The van der Waals surface area contributed by atoms with Crippen molar-refractivity contribution in [2.45, 2.75) is 37.6 Å². The van der Waals surface area contributed by atoms with Crippen molar-refractivity contribution < 1.29 is 4.79 Å². The van der Waals surface area contributed by atoms with Crippen molar-refractivity contribution in [2.75, 3.05) is 19.6 Å². The molecule has 3 unspecified atom stereocenters. The van der Waals surface area contributed by atoms with Gasteiger partial charge in [-0.1, -0.05) is 24.3 Å². The Morgan fingerprint density at radius 3 is 3.00 bits per heavy atom. The molecular formula is C17H23ClN2O. The standard InChI is InChI=1S/C17H22N2O.ClH/c1-12-11-19(9-8-18-12)16(20)15-10-17(15)7-6-13-4-2-3-5-14(13)17;/h2-5,12,15,18H,6-11H2,1H3;1H. The van der Waals surface area contributed by atoms with E-state index in [-0.39, 0.29) is 23.7 Å². The number of nitrogens with one attached hydrogen (secondary N) is 1. The van der Waals surface area contributed by atoms with Crippen LogP contribution < -0.4 is 5.32 Å². The summed E-state index contributed by atoms with van der Waals surface area (Å²) in [6, 6.07) is 9.15. The lowest BCUT2D eigenvalue weighted by Gasteiger charge is -2.32. The Kier molecular flexibility index (Phi) is 3.74. The van der Waals surface area contributed by atoms with Crippen LogP contribution in [0.2, 0.25) is 0 Å². The number of rotatable bonds is 1. The zero-order chi connectivity index (χ0) is 13.7. The summed E-state index contributed by atoms with van der Waals surface area (Å²) >= 11 is 0. The van der Waals surface area contributed by atoms with Crippen molar-refractivity contribution >= 4 is 18.3 Å². The van der Waals surface area contributed by atoms with Gasteiger partial charge in [0.25, 0.3) is 0 Å². The van der Waals surface area contributed by atoms with Crippen LogP contribution in [-0.4, -0.2) is 36.5 Å². The summed E-state index contributed by atoms with van der Waals surface area (Å²) in [5.41, 5.74) is 3.12. The van der Waals surface area contributed by atoms with Gasteiger partial charge in [-0.3, -0.25) is 4.79 Å². The normalized spacial score (nSPS) is 33.5. The molecule has 21 heavy (non-hydrogen) atoms. The van der Waals surface area contributed by atoms with E-state index >= 15 is 0 Å². The molecule has 1 spiro atoms. The topological polar surface area (TPSA) is 32.3 Å². The summed E-state index contributed by atoms with van der Waals surface area (Å²) in [5.74, 6) is 0.645. The molecule has 3 nitrogen and oxygen atoms in total. The molecule has 4 rings (SSSR count). The fourth-order valence-electron chi connectivity index (χ4n) is 4.27. The minimum atomic E-state index is 0. The molecule has 4 heteroatoms. The van der Waals surface area contributed by atoms with E-state index in [2.05, 4.69) is 41.4 Å². The summed E-state index contributed by atoms with van der Waals surface area (Å²) < 4.78 is 0. The van der Waals surface area contributed by atoms with Crippen LogP contribution in [0.1, 0.15) is 30.9 Å². The Hall–Kier alpha value is -1.06. The first-order valence-electron chi connectivity index (χ1n) is 7.81. The molecule has 1 amide bonds. The molecule has 1 saturated heterocycles. The molecule has 0 bridgehead atoms. The molecule has 1 N–H and O–H groups in total. The quantitative estimate of drug-likeness (QED) is 0.862. The van der Waals surface area contributed by atoms with Crippen molar-refractivity contribution in [3.8, 4) is 0 Å². The molecular weight excluding hydrogens is 284 g/mol. The minimum absolute atomic E-state index is 0. The van der Waals surface area contributed by atoms with E-state index < -0.39 is 0 Å². The molecule has 2 aliphatic carbocycles. The Balaban J connectivity index is 0.00000132. The number of nitrogens with zero attached hydrogens (tertiary/aromatic N) is 1. The first-order chi connectivity index (χ1) is 9.71. The fourth-order valence-corrected chi connectivity index (χ4v) is 4.27. The Morgan fingerprint density at radius 2 is 2.19 bits per heavy atom. The van der Waals surface area contributed by atoms with Crippen LogP contribution >= 0.6 is 12.4 Å². The minimum Gasteiger partial charge on any atom is -0.340 e. The highest BCUT2D eigenvalue weighted by molar-refractivity contribution is 5.85. The van der Waals surface area contributed by atoms with E-state index in [4.69, 9.17) is 0 Å². The van der Waals surface area contributed by atoms with E-state index in [0.717, 1.165) is 32.5 Å². The maximum atomic E-state index is 12.8. The molecule has 1 aliphatic heterocycles. The number of carbonyl (C=O) groups is 1. The van der Waals surface area contributed by atoms with E-state index in [9.17, 15) is 4.79 Å². The third-order valence-corrected chi connectivity index (χ3v) is 5.45. The number of amides is 1. The Bertz CT molecular complexity index is 561. The number of carbonyl (C=O) groups excluding carboxylic acids is 1. The second-order valence-corrected chi connectivity index (χ2v) is 6.71. The number of aryl methyl sites for hydroxylation is 1. The van der Waals surface area contributed by atoms with Gasteiger partial charge in [-0.15, -0.1) is 12.4 Å². The Labute approximate surface area is 132 Å². The third-order valence-electron chi connectivity index (χ3n) is 5.45. The van der Waals surface area contributed by atoms with Crippen LogP contribution in [0.25, 0.3) is 0 Å². The predicted molar refractivity (Wildman–Crippen MR) is 85.8 cm³/mol. The molecule has 1 aromatic rings. The first-order valence-corrected chi connectivity index (χ1v) is 7.81. The maximum Gasteiger partial charge on any atom is 0.226 e. The highest BCUT2D eigenvalue weighted by Crippen LogP contribution is 2.61. The predicted octanol–water partition coefficient (Wildman–Crippen LogP) is 2.13. The average Bonchev–Trinajstić information content (AvgIpc) is 3.08. The number of hydrogen-bond acceptors (Lipinski definition) is 2. The SMILES string of the molecule is CC1CN(C(=O)C2CC23CCc2ccccc23)CCN1.Cl. The van der Waals surface area contributed by atoms with Crippen molar-refractivity contribution in [2.24, 2.45) is 5.92 Å². The molecule has 114 valence electrons. The van der Waals surface area contributed by atoms with Gasteiger partial charge in [0, 0.05) is 37.0 Å². The number of halogens is 1. The van der Waals surface area contributed by atoms with Crippen LogP contribution in [0, 0.1) is 5.92 Å². The monoisotopic (exact) mass is 306 g/mol. The number of benzene rings is 1. The van der Waals surface area contributed by atoms with Gasteiger partial charge in [0.2, 0.25) is 5.91 Å². The van der Waals surface area contributed by atoms with Gasteiger partial charge in [-0.2, -0.15) is 0 Å². The maximum absolute atomic E-state index is 12.8. The smallest absolute Gasteiger partial charge is 0.226 e. The zero-order valence-electron chi connectivity index (χ0n) is 12.5. The fraction of sp³-hybridized carbons (Fsp3) is 0.588. The van der Waals surface area contributed by atoms with Crippen LogP contribution in [0.5, 0.6) is 0 Å². The largest absolute Gasteiger partial charge is 0.340 e. The highest BCUT2D eigenvalue weighted by Gasteiger charge is 2.62. The number of piperazine rings is 1. The molecule has 1 aromatic carbocycles. The zero-order valence-corrected chi connectivity index (χ0v) is 13.3. The van der Waals surface area contributed by atoms with Gasteiger partial charge >= 0.3 is 0 Å². The van der Waals surface area contributed by atoms with Crippen LogP contribution in [0.3, 0.4) is 0 Å². The van der Waals surface area contributed by atoms with Crippen molar-refractivity contribution in [1.29, 1.82) is 0 Å². The summed E-state index contributed by atoms with van der Waals surface area (Å²) in [6.07, 6.45) is 3.39. The van der Waals surface area contributed by atoms with Gasteiger partial charge in [-0.05, 0) is 37.3 Å². The number of fused-ring (bicyclic) bond motifs is 2. The second kappa shape index (κ2) is 5.29. The summed E-state index contributed by atoms with van der Waals surface area (Å²) in [4.78, 5) is 14.9. The summed E-state index contributed by atoms with van der Waals surface area (Å²) in [5, 5.41) is 3.41. The van der Waals surface area contributed by atoms with Gasteiger partial charge in [0.15, 0.2) is 0 Å². The molecule has 0 radical (unpaired) electrons. The van der Waals surface area contributed by atoms with Crippen LogP contribution in [-0.2, 0) is 16.6 Å². The molecule has 2 fully saturated rings. The van der Waals surface area contributed by atoms with E-state index in [1.165, 1.54) is 17.5 Å². The molecule has 3 atom stereocenters. The van der Waals surface area contributed by atoms with E-state index in [1.807, 2.05) is 0 Å². The van der Waals surface area contributed by atoms with Gasteiger partial charge in [-0.25, -0.2) is 0 Å². The van der Waals surface area contributed by atoms with Crippen LogP contribution in [0.4, 0.5) is 0 Å². The number of hydrogen-bond donors (Lipinski definition) is 1. The lowest BCUT2D eigenvalue weighted by Crippen LogP contribution is -2.52. The van der Waals surface area contributed by atoms with Gasteiger partial charge < -0.3 is 10.2 Å². The summed E-state index contributed by atoms with van der Waals surface area (Å²) in [6.45, 7) is 4.83. The molecule has 3 aliphatic rings. The van der Waals surface area contributed by atoms with Gasteiger partial charge in [0.1, 0.15) is 0 Å². The molecule has 1 heterocycles. The lowest BCUT2D eigenvalue weighted by atomic mass is 9.95. The summed E-state index contributed by atoms with van der Waals surface area (Å²) in [7, 11) is 0. The molecule has 1 saturated carbocycles. The highest BCUT2D eigenvalue weighted by atomic mass is 35.5. The third kappa shape index (κ3) is 2.27. The van der Waals surface area contributed by atoms with Crippen molar-refractivity contribution in [1.82, 2.24) is 10.2 Å². The van der Waals surface area contributed by atoms with E-state index in [1.54, 1.807) is 0 Å². The lowest BCUT2D eigenvalue weighted by molar-refractivity contribution is -0.134.